The number of hydrogen-bond acceptors (Lipinski definition) is 4. The average molecular weight is 179 g/mol. The lowest BCUT2D eigenvalue weighted by Crippen LogP contribution is -2.20. The summed E-state index contributed by atoms with van der Waals surface area (Å²) in [6.45, 7) is 3.88. The van der Waals surface area contributed by atoms with Crippen LogP contribution in [0.25, 0.3) is 0 Å². The van der Waals surface area contributed by atoms with Crippen molar-refractivity contribution in [2.45, 2.75) is 19.4 Å². The fraction of sp³-hybridized carbons (Fsp3) is 0.556. The third-order valence-electron chi connectivity index (χ3n) is 2.04. The van der Waals surface area contributed by atoms with Crippen molar-refractivity contribution in [3.63, 3.8) is 0 Å². The lowest BCUT2D eigenvalue weighted by atomic mass is 10.3. The summed E-state index contributed by atoms with van der Waals surface area (Å²) in [6, 6.07) is 0.485. The molecule has 0 radical (unpaired) electrons. The van der Waals surface area contributed by atoms with Crippen LogP contribution in [-0.4, -0.2) is 29.2 Å². The first-order valence-corrected chi connectivity index (χ1v) is 4.50. The first kappa shape index (κ1) is 8.44. The third-order valence-corrected chi connectivity index (χ3v) is 2.04. The fourth-order valence-electron chi connectivity index (χ4n) is 1.32. The molecule has 0 aromatic carbocycles. The first-order chi connectivity index (χ1) is 6.34. The summed E-state index contributed by atoms with van der Waals surface area (Å²) >= 11 is 0. The van der Waals surface area contributed by atoms with Gasteiger partial charge in [0.1, 0.15) is 6.10 Å². The lowest BCUT2D eigenvalue weighted by Gasteiger charge is -2.09. The molecule has 0 aliphatic carbocycles. The minimum absolute atomic E-state index is 0.239. The lowest BCUT2D eigenvalue weighted by molar-refractivity contribution is 0.204. The van der Waals surface area contributed by atoms with Gasteiger partial charge in [-0.05, 0) is 25.5 Å². The average Bonchev–Trinajstić information content (AvgIpc) is 2.62. The minimum Gasteiger partial charge on any atom is -0.459 e. The minimum atomic E-state index is 0.239. The summed E-state index contributed by atoms with van der Waals surface area (Å²) in [7, 11) is 0. The van der Waals surface area contributed by atoms with Crippen LogP contribution in [0.15, 0.2) is 12.4 Å². The highest BCUT2D eigenvalue weighted by Crippen LogP contribution is 2.08. The van der Waals surface area contributed by atoms with Crippen molar-refractivity contribution in [2.75, 3.05) is 13.1 Å². The predicted molar refractivity (Wildman–Crippen MR) is 48.7 cm³/mol. The molecule has 1 aliphatic rings. The third kappa shape index (κ3) is 2.15. The molecule has 1 fully saturated rings. The van der Waals surface area contributed by atoms with Crippen LogP contribution in [0.5, 0.6) is 6.01 Å². The second-order valence-electron chi connectivity index (χ2n) is 3.28. The maximum Gasteiger partial charge on any atom is 0.316 e. The molecule has 1 aromatic rings. The molecule has 0 bridgehead atoms. The number of ether oxygens (including phenoxy) is 1. The van der Waals surface area contributed by atoms with Gasteiger partial charge in [-0.3, -0.25) is 0 Å². The van der Waals surface area contributed by atoms with E-state index in [0.29, 0.717) is 6.01 Å². The maximum atomic E-state index is 5.55. The van der Waals surface area contributed by atoms with Crippen molar-refractivity contribution in [3.8, 4) is 6.01 Å². The first-order valence-electron chi connectivity index (χ1n) is 4.50. The van der Waals surface area contributed by atoms with Crippen LogP contribution >= 0.6 is 0 Å². The molecule has 2 heterocycles. The molecule has 1 atom stereocenters. The Balaban J connectivity index is 1.97. The number of rotatable bonds is 2. The molecule has 2 rings (SSSR count). The van der Waals surface area contributed by atoms with Crippen molar-refractivity contribution in [3.05, 3.63) is 18.0 Å². The van der Waals surface area contributed by atoms with E-state index in [1.54, 1.807) is 12.4 Å². The summed E-state index contributed by atoms with van der Waals surface area (Å²) in [4.78, 5) is 8.16. The second-order valence-corrected chi connectivity index (χ2v) is 3.28. The van der Waals surface area contributed by atoms with Crippen molar-refractivity contribution >= 4 is 0 Å². The maximum absolute atomic E-state index is 5.55. The Labute approximate surface area is 77.4 Å². The number of nitrogens with one attached hydrogen (secondary N) is 1. The number of aryl methyl sites for hydroxylation is 1. The monoisotopic (exact) mass is 179 g/mol. The molecule has 0 unspecified atom stereocenters. The van der Waals surface area contributed by atoms with E-state index in [0.717, 1.165) is 25.1 Å². The SMILES string of the molecule is Cc1cnc(O[C@H]2CCNC2)nc1. The highest BCUT2D eigenvalue weighted by atomic mass is 16.5. The van der Waals surface area contributed by atoms with Gasteiger partial charge in [0.25, 0.3) is 0 Å². The summed E-state index contributed by atoms with van der Waals surface area (Å²) in [5, 5.41) is 3.22. The molecule has 0 spiro atoms. The van der Waals surface area contributed by atoms with Gasteiger partial charge < -0.3 is 10.1 Å². The number of aromatic nitrogens is 2. The normalized spacial score (nSPS) is 21.8. The van der Waals surface area contributed by atoms with E-state index in [1.807, 2.05) is 6.92 Å². The number of nitrogens with zero attached hydrogens (tertiary/aromatic N) is 2. The molecule has 70 valence electrons. The van der Waals surface area contributed by atoms with Crippen LogP contribution in [0, 0.1) is 6.92 Å². The Hall–Kier alpha value is -1.16. The molecular weight excluding hydrogens is 166 g/mol. The highest BCUT2D eigenvalue weighted by molar-refractivity contribution is 5.05. The molecule has 0 amide bonds. The van der Waals surface area contributed by atoms with E-state index >= 15 is 0 Å². The smallest absolute Gasteiger partial charge is 0.316 e. The van der Waals surface area contributed by atoms with E-state index in [1.165, 1.54) is 0 Å². The molecule has 1 saturated heterocycles. The topological polar surface area (TPSA) is 47.0 Å². The Morgan fingerprint density at radius 1 is 1.46 bits per heavy atom. The van der Waals surface area contributed by atoms with Crippen LogP contribution in [0.3, 0.4) is 0 Å². The molecule has 1 aromatic heterocycles. The second kappa shape index (κ2) is 3.70. The molecule has 0 saturated carbocycles. The molecule has 13 heavy (non-hydrogen) atoms. The zero-order chi connectivity index (χ0) is 9.10. The van der Waals surface area contributed by atoms with Gasteiger partial charge in [-0.25, -0.2) is 9.97 Å². The standard InChI is InChI=1S/C9H13N3O/c1-7-4-11-9(12-5-7)13-8-2-3-10-6-8/h4-5,8,10H,2-3,6H2,1H3/t8-/m0/s1. The van der Waals surface area contributed by atoms with Crippen LogP contribution in [0.2, 0.25) is 0 Å². The Bertz CT molecular complexity index is 267. The van der Waals surface area contributed by atoms with Gasteiger partial charge in [0.2, 0.25) is 0 Å². The van der Waals surface area contributed by atoms with Gasteiger partial charge in [-0.1, -0.05) is 0 Å². The Morgan fingerprint density at radius 2 is 2.23 bits per heavy atom. The molecule has 1 N–H and O–H groups in total. The van der Waals surface area contributed by atoms with Crippen LogP contribution in [-0.2, 0) is 0 Å². The van der Waals surface area contributed by atoms with Gasteiger partial charge in [-0.15, -0.1) is 0 Å². The van der Waals surface area contributed by atoms with Gasteiger partial charge in [0.15, 0.2) is 0 Å². The summed E-state index contributed by atoms with van der Waals surface area (Å²) in [6.07, 6.45) is 4.81. The van der Waals surface area contributed by atoms with Crippen molar-refractivity contribution in [1.82, 2.24) is 15.3 Å². The molecule has 4 heteroatoms. The van der Waals surface area contributed by atoms with Crippen molar-refractivity contribution in [2.24, 2.45) is 0 Å². The molecule has 4 nitrogen and oxygen atoms in total. The van der Waals surface area contributed by atoms with Crippen LogP contribution in [0.1, 0.15) is 12.0 Å². The van der Waals surface area contributed by atoms with Gasteiger partial charge in [0, 0.05) is 18.9 Å². The van der Waals surface area contributed by atoms with Crippen LogP contribution < -0.4 is 10.1 Å². The zero-order valence-corrected chi connectivity index (χ0v) is 7.66. The van der Waals surface area contributed by atoms with E-state index in [9.17, 15) is 0 Å². The van der Waals surface area contributed by atoms with Gasteiger partial charge in [-0.2, -0.15) is 0 Å². The summed E-state index contributed by atoms with van der Waals surface area (Å²) in [5.74, 6) is 0. The van der Waals surface area contributed by atoms with E-state index in [2.05, 4.69) is 15.3 Å². The quantitative estimate of drug-likeness (QED) is 0.719. The van der Waals surface area contributed by atoms with Gasteiger partial charge in [0.05, 0.1) is 0 Å². The Morgan fingerprint density at radius 3 is 2.85 bits per heavy atom. The predicted octanol–water partition coefficient (Wildman–Crippen LogP) is 0.526. The van der Waals surface area contributed by atoms with Crippen molar-refractivity contribution in [1.29, 1.82) is 0 Å². The van der Waals surface area contributed by atoms with E-state index < -0.39 is 0 Å². The summed E-state index contributed by atoms with van der Waals surface area (Å²) < 4.78 is 5.55. The molecular formula is C9H13N3O. The fourth-order valence-corrected chi connectivity index (χ4v) is 1.32. The zero-order valence-electron chi connectivity index (χ0n) is 7.66. The Kier molecular flexibility index (Phi) is 2.40. The van der Waals surface area contributed by atoms with E-state index in [-0.39, 0.29) is 6.10 Å². The summed E-state index contributed by atoms with van der Waals surface area (Å²) in [5.41, 5.74) is 1.05. The van der Waals surface area contributed by atoms with Crippen LogP contribution in [0.4, 0.5) is 0 Å². The van der Waals surface area contributed by atoms with E-state index in [4.69, 9.17) is 4.74 Å². The van der Waals surface area contributed by atoms with Gasteiger partial charge >= 0.3 is 6.01 Å². The largest absolute Gasteiger partial charge is 0.459 e. The van der Waals surface area contributed by atoms with Crippen molar-refractivity contribution < 1.29 is 4.74 Å². The highest BCUT2D eigenvalue weighted by Gasteiger charge is 2.16. The molecule has 1 aliphatic heterocycles. The number of hydrogen-bond donors (Lipinski definition) is 1.